The minimum absolute atomic E-state index is 0.810. The van der Waals surface area contributed by atoms with Gasteiger partial charge < -0.3 is 10.2 Å². The van der Waals surface area contributed by atoms with Crippen LogP contribution in [0.25, 0.3) is 0 Å². The number of nitrogens with one attached hydrogen (secondary N) is 1. The first kappa shape index (κ1) is 16.0. The first-order chi connectivity index (χ1) is 8.52. The molecule has 0 spiro atoms. The number of likely N-dealkylation sites (tertiary alicyclic amines) is 1. The Labute approximate surface area is 115 Å². The van der Waals surface area contributed by atoms with Crippen molar-refractivity contribution in [1.29, 1.82) is 0 Å². The molecule has 18 heavy (non-hydrogen) atoms. The van der Waals surface area contributed by atoms with Gasteiger partial charge in [0.2, 0.25) is 0 Å². The molecule has 0 aromatic rings. The minimum Gasteiger partial charge on any atom is -0.319 e. The number of hydrogen-bond donors (Lipinski definition) is 1. The Balaban J connectivity index is 2.54. The molecule has 0 aromatic carbocycles. The fourth-order valence-corrected chi connectivity index (χ4v) is 3.37. The lowest BCUT2D eigenvalue weighted by Gasteiger charge is -2.40. The van der Waals surface area contributed by atoms with E-state index in [0.717, 1.165) is 23.8 Å². The largest absolute Gasteiger partial charge is 0.319 e. The lowest BCUT2D eigenvalue weighted by Crippen LogP contribution is -2.45. The monoisotopic (exact) mass is 254 g/mol. The highest BCUT2D eigenvalue weighted by atomic mass is 15.2. The second-order valence-corrected chi connectivity index (χ2v) is 6.97. The van der Waals surface area contributed by atoms with E-state index in [1.54, 1.807) is 0 Å². The van der Waals surface area contributed by atoms with E-state index in [0.29, 0.717) is 0 Å². The zero-order valence-corrected chi connectivity index (χ0v) is 13.2. The maximum Gasteiger partial charge on any atom is 0.0100 e. The Hall–Kier alpha value is -0.0800. The van der Waals surface area contributed by atoms with Crippen molar-refractivity contribution in [2.75, 3.05) is 26.7 Å². The molecule has 1 unspecified atom stereocenters. The fourth-order valence-electron chi connectivity index (χ4n) is 3.37. The van der Waals surface area contributed by atoms with Crippen molar-refractivity contribution < 1.29 is 0 Å². The molecule has 1 aliphatic rings. The SMILES string of the molecule is CNCC1CCCN(C(CC(C)C)CC(C)C)C1. The predicted molar refractivity (Wildman–Crippen MR) is 80.9 cm³/mol. The average Bonchev–Trinajstić information content (AvgIpc) is 2.28. The summed E-state index contributed by atoms with van der Waals surface area (Å²) >= 11 is 0. The maximum atomic E-state index is 3.35. The molecule has 0 aromatic heterocycles. The summed E-state index contributed by atoms with van der Waals surface area (Å²) in [6.45, 7) is 13.3. The molecule has 1 rings (SSSR count). The van der Waals surface area contributed by atoms with Crippen LogP contribution in [0, 0.1) is 17.8 Å². The highest BCUT2D eigenvalue weighted by molar-refractivity contribution is 4.81. The van der Waals surface area contributed by atoms with Gasteiger partial charge in [0.25, 0.3) is 0 Å². The van der Waals surface area contributed by atoms with Crippen LogP contribution in [0.15, 0.2) is 0 Å². The smallest absolute Gasteiger partial charge is 0.0100 e. The molecule has 1 N–H and O–H groups in total. The van der Waals surface area contributed by atoms with Crippen LogP contribution in [0.5, 0.6) is 0 Å². The van der Waals surface area contributed by atoms with Gasteiger partial charge >= 0.3 is 0 Å². The molecule has 0 saturated carbocycles. The predicted octanol–water partition coefficient (Wildman–Crippen LogP) is 3.38. The van der Waals surface area contributed by atoms with Crippen LogP contribution in [0.3, 0.4) is 0 Å². The molecule has 0 radical (unpaired) electrons. The Morgan fingerprint density at radius 3 is 2.22 bits per heavy atom. The fraction of sp³-hybridized carbons (Fsp3) is 1.00. The van der Waals surface area contributed by atoms with Gasteiger partial charge in [-0.05, 0) is 63.6 Å². The van der Waals surface area contributed by atoms with Crippen molar-refractivity contribution in [3.05, 3.63) is 0 Å². The van der Waals surface area contributed by atoms with Gasteiger partial charge in [0.15, 0.2) is 0 Å². The number of piperidine rings is 1. The Morgan fingerprint density at radius 1 is 1.11 bits per heavy atom. The van der Waals surface area contributed by atoms with Gasteiger partial charge in [-0.2, -0.15) is 0 Å². The average molecular weight is 254 g/mol. The van der Waals surface area contributed by atoms with Crippen molar-refractivity contribution >= 4 is 0 Å². The normalized spacial score (nSPS) is 22.3. The third-order valence-electron chi connectivity index (χ3n) is 4.05. The van der Waals surface area contributed by atoms with Crippen molar-refractivity contribution in [3.8, 4) is 0 Å². The van der Waals surface area contributed by atoms with Gasteiger partial charge in [-0.1, -0.05) is 27.7 Å². The van der Waals surface area contributed by atoms with E-state index in [-0.39, 0.29) is 0 Å². The van der Waals surface area contributed by atoms with Crippen LogP contribution in [-0.2, 0) is 0 Å². The molecule has 1 fully saturated rings. The molecule has 1 aliphatic heterocycles. The first-order valence-corrected chi connectivity index (χ1v) is 7.91. The Kier molecular flexibility index (Phi) is 7.25. The molecule has 0 amide bonds. The Bertz CT molecular complexity index is 201. The van der Waals surface area contributed by atoms with E-state index in [4.69, 9.17) is 0 Å². The molecule has 0 aliphatic carbocycles. The van der Waals surface area contributed by atoms with E-state index in [9.17, 15) is 0 Å². The molecule has 0 bridgehead atoms. The van der Waals surface area contributed by atoms with Crippen LogP contribution in [0.2, 0.25) is 0 Å². The summed E-state index contributed by atoms with van der Waals surface area (Å²) in [7, 11) is 2.08. The summed E-state index contributed by atoms with van der Waals surface area (Å²) in [6, 6.07) is 0.810. The lowest BCUT2D eigenvalue weighted by atomic mass is 9.90. The summed E-state index contributed by atoms with van der Waals surface area (Å²) in [5.41, 5.74) is 0. The van der Waals surface area contributed by atoms with Crippen LogP contribution in [0.1, 0.15) is 53.4 Å². The van der Waals surface area contributed by atoms with Gasteiger partial charge in [0.1, 0.15) is 0 Å². The number of hydrogen-bond acceptors (Lipinski definition) is 2. The van der Waals surface area contributed by atoms with Gasteiger partial charge in [-0.15, -0.1) is 0 Å². The third kappa shape index (κ3) is 5.71. The zero-order valence-electron chi connectivity index (χ0n) is 13.2. The summed E-state index contributed by atoms with van der Waals surface area (Å²) in [4.78, 5) is 2.78. The standard InChI is InChI=1S/C16H34N2/c1-13(2)9-16(10-14(3)4)18-8-6-7-15(12-18)11-17-5/h13-17H,6-12H2,1-5H3. The van der Waals surface area contributed by atoms with Gasteiger partial charge in [-0.3, -0.25) is 0 Å². The van der Waals surface area contributed by atoms with E-state index < -0.39 is 0 Å². The van der Waals surface area contributed by atoms with Gasteiger partial charge in [0, 0.05) is 12.6 Å². The molecule has 2 nitrogen and oxygen atoms in total. The summed E-state index contributed by atoms with van der Waals surface area (Å²) < 4.78 is 0. The molecular formula is C16H34N2. The van der Waals surface area contributed by atoms with Crippen LogP contribution < -0.4 is 5.32 Å². The van der Waals surface area contributed by atoms with Crippen LogP contribution in [-0.4, -0.2) is 37.6 Å². The second-order valence-electron chi connectivity index (χ2n) is 6.97. The van der Waals surface area contributed by atoms with Crippen molar-refractivity contribution in [1.82, 2.24) is 10.2 Å². The van der Waals surface area contributed by atoms with E-state index in [1.165, 1.54) is 45.3 Å². The van der Waals surface area contributed by atoms with Crippen molar-refractivity contribution in [2.45, 2.75) is 59.4 Å². The molecule has 1 heterocycles. The molecule has 1 atom stereocenters. The first-order valence-electron chi connectivity index (χ1n) is 7.91. The number of nitrogens with zero attached hydrogens (tertiary/aromatic N) is 1. The van der Waals surface area contributed by atoms with E-state index >= 15 is 0 Å². The van der Waals surface area contributed by atoms with Gasteiger partial charge in [0.05, 0.1) is 0 Å². The summed E-state index contributed by atoms with van der Waals surface area (Å²) in [6.07, 6.45) is 5.53. The van der Waals surface area contributed by atoms with Crippen molar-refractivity contribution in [2.24, 2.45) is 17.8 Å². The van der Waals surface area contributed by atoms with Crippen LogP contribution >= 0.6 is 0 Å². The highest BCUT2D eigenvalue weighted by Crippen LogP contribution is 2.25. The molecular weight excluding hydrogens is 220 g/mol. The zero-order chi connectivity index (χ0) is 13.5. The molecule has 108 valence electrons. The minimum atomic E-state index is 0.810. The van der Waals surface area contributed by atoms with E-state index in [1.807, 2.05) is 0 Å². The summed E-state index contributed by atoms with van der Waals surface area (Å²) in [5.74, 6) is 2.50. The highest BCUT2D eigenvalue weighted by Gasteiger charge is 2.26. The Morgan fingerprint density at radius 2 is 1.72 bits per heavy atom. The second kappa shape index (κ2) is 8.16. The lowest BCUT2D eigenvalue weighted by molar-refractivity contribution is 0.0960. The third-order valence-corrected chi connectivity index (χ3v) is 4.05. The van der Waals surface area contributed by atoms with Crippen molar-refractivity contribution in [3.63, 3.8) is 0 Å². The van der Waals surface area contributed by atoms with Crippen LogP contribution in [0.4, 0.5) is 0 Å². The van der Waals surface area contributed by atoms with Gasteiger partial charge in [-0.25, -0.2) is 0 Å². The topological polar surface area (TPSA) is 15.3 Å². The molecule has 1 saturated heterocycles. The summed E-state index contributed by atoms with van der Waals surface area (Å²) in [5, 5.41) is 3.35. The number of rotatable bonds is 7. The maximum absolute atomic E-state index is 3.35. The molecule has 2 heteroatoms. The quantitative estimate of drug-likeness (QED) is 0.749. The van der Waals surface area contributed by atoms with E-state index in [2.05, 4.69) is 45.0 Å².